The molecule has 1 aromatic heterocycles. The molecule has 2 aromatic carbocycles. The number of hydrogen-bond donors (Lipinski definition) is 0. The van der Waals surface area contributed by atoms with E-state index in [1.54, 1.807) is 12.3 Å². The van der Waals surface area contributed by atoms with Crippen molar-refractivity contribution in [2.75, 3.05) is 0 Å². The summed E-state index contributed by atoms with van der Waals surface area (Å²) < 4.78 is 32.3. The molecule has 0 N–H and O–H groups in total. The van der Waals surface area contributed by atoms with E-state index in [-0.39, 0.29) is 24.6 Å². The molecule has 4 rings (SSSR count). The van der Waals surface area contributed by atoms with Gasteiger partial charge in [-0.2, -0.15) is 0 Å². The Hall–Kier alpha value is -2.97. The number of carbonyl (C=O) groups is 1. The fraction of sp³-hybridized carbons (Fsp3) is 0.238. The zero-order valence-electron chi connectivity index (χ0n) is 15.6. The molecular formula is C21H18FNO5S. The Labute approximate surface area is 170 Å². The minimum atomic E-state index is -0.629. The van der Waals surface area contributed by atoms with Gasteiger partial charge < -0.3 is 14.2 Å². The number of carbonyl (C=O) groups excluding carboxylic acids is 1. The number of rotatable bonds is 5. The fourth-order valence-electron chi connectivity index (χ4n) is 3.09. The molecule has 0 fully saturated rings. The van der Waals surface area contributed by atoms with Gasteiger partial charge in [-0.25, -0.2) is 4.39 Å². The van der Waals surface area contributed by atoms with E-state index < -0.39 is 18.1 Å². The number of fused-ring (bicyclic) bond motifs is 1. The van der Waals surface area contributed by atoms with Gasteiger partial charge in [0.25, 0.3) is 0 Å². The average molecular weight is 415 g/mol. The van der Waals surface area contributed by atoms with Crippen molar-refractivity contribution in [3.05, 3.63) is 85.7 Å². The van der Waals surface area contributed by atoms with Crippen LogP contribution in [0.1, 0.15) is 28.7 Å². The summed E-state index contributed by atoms with van der Waals surface area (Å²) >= 11 is 1.02. The summed E-state index contributed by atoms with van der Waals surface area (Å²) in [7, 11) is 0. The quantitative estimate of drug-likeness (QED) is 0.595. The van der Waals surface area contributed by atoms with E-state index in [0.717, 1.165) is 16.9 Å². The highest BCUT2D eigenvalue weighted by molar-refractivity contribution is 7.07. The normalized spacial score (nSPS) is 15.4. The molecule has 0 bridgehead atoms. The highest BCUT2D eigenvalue weighted by Crippen LogP contribution is 2.36. The molecule has 8 heteroatoms. The molecule has 1 atom stereocenters. The highest BCUT2D eigenvalue weighted by Gasteiger charge is 2.25. The Bertz CT molecular complexity index is 1090. The predicted octanol–water partition coefficient (Wildman–Crippen LogP) is 3.71. The maximum absolute atomic E-state index is 14.0. The van der Waals surface area contributed by atoms with E-state index in [2.05, 4.69) is 0 Å². The minimum Gasteiger partial charge on any atom is -0.460 e. The largest absolute Gasteiger partial charge is 0.460 e. The van der Waals surface area contributed by atoms with Crippen LogP contribution in [0.4, 0.5) is 4.39 Å². The summed E-state index contributed by atoms with van der Waals surface area (Å²) in [5.41, 5.74) is 2.48. The van der Waals surface area contributed by atoms with E-state index in [0.29, 0.717) is 22.6 Å². The monoisotopic (exact) mass is 415 g/mol. The molecule has 0 spiro atoms. The van der Waals surface area contributed by atoms with Gasteiger partial charge in [0.05, 0.1) is 6.61 Å². The van der Waals surface area contributed by atoms with Crippen LogP contribution < -0.4 is 9.61 Å². The third-order valence-corrected chi connectivity index (χ3v) is 5.43. The first-order valence-corrected chi connectivity index (χ1v) is 9.84. The van der Waals surface area contributed by atoms with Crippen molar-refractivity contribution in [1.82, 2.24) is 4.57 Å². The molecule has 0 unspecified atom stereocenters. The lowest BCUT2D eigenvalue weighted by atomic mass is 10.1. The van der Waals surface area contributed by atoms with Gasteiger partial charge in [-0.15, -0.1) is 0 Å². The van der Waals surface area contributed by atoms with Crippen LogP contribution in [0, 0.1) is 12.7 Å². The summed E-state index contributed by atoms with van der Waals surface area (Å²) in [6.07, 6.45) is -0.629. The van der Waals surface area contributed by atoms with Crippen molar-refractivity contribution in [3.8, 4) is 5.75 Å². The summed E-state index contributed by atoms with van der Waals surface area (Å²) in [5, 5.41) is 1.68. The van der Waals surface area contributed by atoms with Crippen molar-refractivity contribution < 1.29 is 23.4 Å². The van der Waals surface area contributed by atoms with Crippen molar-refractivity contribution in [3.63, 3.8) is 0 Å². The zero-order valence-corrected chi connectivity index (χ0v) is 16.4. The van der Waals surface area contributed by atoms with Crippen LogP contribution in [-0.2, 0) is 34.0 Å². The van der Waals surface area contributed by atoms with Crippen molar-refractivity contribution in [1.29, 1.82) is 0 Å². The molecule has 1 aliphatic rings. The smallest absolute Gasteiger partial charge is 0.326 e. The topological polar surface area (TPSA) is 66.8 Å². The first-order chi connectivity index (χ1) is 14.0. The SMILES string of the molecule is Cc1csc(=O)n1CC(=O)OCc1cc(F)cc2c1O[C@@H](c1ccccc1)OC2. The molecule has 0 saturated heterocycles. The number of thiazole rings is 1. The Balaban J connectivity index is 1.50. The maximum atomic E-state index is 14.0. The summed E-state index contributed by atoms with van der Waals surface area (Å²) in [5.74, 6) is -0.605. The molecule has 150 valence electrons. The van der Waals surface area contributed by atoms with Gasteiger partial charge in [0.1, 0.15) is 24.7 Å². The number of ether oxygens (including phenoxy) is 3. The molecule has 0 radical (unpaired) electrons. The van der Waals surface area contributed by atoms with Crippen molar-refractivity contribution in [2.45, 2.75) is 33.0 Å². The predicted molar refractivity (Wildman–Crippen MR) is 104 cm³/mol. The van der Waals surface area contributed by atoms with Gasteiger partial charge in [-0.3, -0.25) is 14.2 Å². The summed E-state index contributed by atoms with van der Waals surface area (Å²) in [6.45, 7) is 1.56. The molecular weight excluding hydrogens is 397 g/mol. The number of hydrogen-bond acceptors (Lipinski definition) is 6. The Morgan fingerprint density at radius 1 is 1.31 bits per heavy atom. The molecule has 1 aliphatic heterocycles. The molecule has 0 aliphatic carbocycles. The number of aryl methyl sites for hydroxylation is 1. The first kappa shape index (κ1) is 19.4. The van der Waals surface area contributed by atoms with Crippen LogP contribution in [0.2, 0.25) is 0 Å². The van der Waals surface area contributed by atoms with Crippen LogP contribution in [0.5, 0.6) is 5.75 Å². The van der Waals surface area contributed by atoms with Gasteiger partial charge in [0.15, 0.2) is 0 Å². The van der Waals surface area contributed by atoms with Gasteiger partial charge in [-0.1, -0.05) is 41.7 Å². The van der Waals surface area contributed by atoms with E-state index in [4.69, 9.17) is 14.2 Å². The van der Waals surface area contributed by atoms with Crippen LogP contribution in [0.15, 0.2) is 52.6 Å². The fourth-order valence-corrected chi connectivity index (χ4v) is 3.82. The van der Waals surface area contributed by atoms with Crippen LogP contribution in [0.3, 0.4) is 0 Å². The van der Waals surface area contributed by atoms with Crippen LogP contribution in [0.25, 0.3) is 0 Å². The van der Waals surface area contributed by atoms with Gasteiger partial charge in [-0.05, 0) is 19.1 Å². The second-order valence-electron chi connectivity index (χ2n) is 6.61. The average Bonchev–Trinajstić information content (AvgIpc) is 3.04. The molecule has 0 amide bonds. The van der Waals surface area contributed by atoms with E-state index >= 15 is 0 Å². The van der Waals surface area contributed by atoms with Crippen molar-refractivity contribution >= 4 is 17.3 Å². The van der Waals surface area contributed by atoms with E-state index in [1.165, 1.54) is 16.7 Å². The second kappa shape index (κ2) is 8.18. The summed E-state index contributed by atoms with van der Waals surface area (Å²) in [4.78, 5) is 23.7. The van der Waals surface area contributed by atoms with Gasteiger partial charge in [0.2, 0.25) is 6.29 Å². The minimum absolute atomic E-state index is 0.168. The lowest BCUT2D eigenvalue weighted by Crippen LogP contribution is -2.23. The third-order valence-electron chi connectivity index (χ3n) is 4.55. The van der Waals surface area contributed by atoms with E-state index in [1.807, 2.05) is 30.3 Å². The maximum Gasteiger partial charge on any atom is 0.326 e. The van der Waals surface area contributed by atoms with Crippen LogP contribution in [-0.4, -0.2) is 10.5 Å². The van der Waals surface area contributed by atoms with Crippen LogP contribution >= 0.6 is 11.3 Å². The number of halogens is 1. The first-order valence-electron chi connectivity index (χ1n) is 8.96. The molecule has 2 heterocycles. The number of nitrogens with zero attached hydrogens (tertiary/aromatic N) is 1. The molecule has 29 heavy (non-hydrogen) atoms. The molecule has 0 saturated carbocycles. The zero-order chi connectivity index (χ0) is 20.4. The summed E-state index contributed by atoms with van der Waals surface area (Å²) in [6, 6.07) is 12.0. The number of esters is 1. The van der Waals surface area contributed by atoms with Crippen molar-refractivity contribution in [2.24, 2.45) is 0 Å². The Morgan fingerprint density at radius 2 is 2.10 bits per heavy atom. The number of aromatic nitrogens is 1. The van der Waals surface area contributed by atoms with Gasteiger partial charge in [0, 0.05) is 27.8 Å². The van der Waals surface area contributed by atoms with Gasteiger partial charge >= 0.3 is 10.8 Å². The standard InChI is InChI=1S/C21H18FNO5S/c1-13-12-29-21(25)23(13)9-18(24)26-10-15-7-17(22)8-16-11-27-20(28-19(15)16)14-5-3-2-4-6-14/h2-8,12,20H,9-11H2,1H3/t20-/m0/s1. The second-order valence-corrected chi connectivity index (χ2v) is 7.44. The van der Waals surface area contributed by atoms with E-state index in [9.17, 15) is 14.0 Å². The lowest BCUT2D eigenvalue weighted by molar-refractivity contribution is -0.146. The lowest BCUT2D eigenvalue weighted by Gasteiger charge is -2.28. The molecule has 6 nitrogen and oxygen atoms in total. The Kier molecular flexibility index (Phi) is 5.46. The highest BCUT2D eigenvalue weighted by atomic mass is 32.1. The third kappa shape index (κ3) is 4.23. The molecule has 3 aromatic rings. The number of benzene rings is 2. The Morgan fingerprint density at radius 3 is 2.83 bits per heavy atom.